The molecule has 0 aliphatic carbocycles. The summed E-state index contributed by atoms with van der Waals surface area (Å²) in [7, 11) is 0. The van der Waals surface area contributed by atoms with E-state index < -0.39 is 11.1 Å². The highest BCUT2D eigenvalue weighted by atomic mass is 32.2. The van der Waals surface area contributed by atoms with Crippen LogP contribution in [0.15, 0.2) is 24.3 Å². The van der Waals surface area contributed by atoms with Crippen molar-refractivity contribution in [2.75, 3.05) is 5.75 Å². The third-order valence-corrected chi connectivity index (χ3v) is 2.09. The van der Waals surface area contributed by atoms with E-state index in [9.17, 15) is 9.32 Å². The number of hydrogen-bond acceptors (Lipinski definition) is 2. The van der Waals surface area contributed by atoms with Gasteiger partial charge in [0.15, 0.2) is 11.1 Å². The Balaban J connectivity index is 2.63. The molecule has 0 saturated heterocycles. The monoisotopic (exact) mass is 186 g/mol. The van der Waals surface area contributed by atoms with Gasteiger partial charge in [-0.15, -0.1) is 0 Å². The summed E-state index contributed by atoms with van der Waals surface area (Å²) in [5.74, 6) is 0.348. The minimum Gasteiger partial charge on any atom is -0.508 e. The van der Waals surface area contributed by atoms with Gasteiger partial charge < -0.3 is 9.66 Å². The topological polar surface area (TPSA) is 57.5 Å². The van der Waals surface area contributed by atoms with Crippen molar-refractivity contribution in [2.24, 2.45) is 0 Å². The van der Waals surface area contributed by atoms with Gasteiger partial charge in [0.1, 0.15) is 5.75 Å². The maximum absolute atomic E-state index is 10.3. The van der Waals surface area contributed by atoms with Crippen LogP contribution in [-0.4, -0.2) is 19.6 Å². The number of aryl methyl sites for hydroxylation is 1. The number of phenolic OH excluding ortho intramolecular Hbond substituents is 1. The zero-order valence-electron chi connectivity index (χ0n) is 6.43. The highest BCUT2D eigenvalue weighted by Gasteiger charge is 2.00. The molecule has 0 saturated carbocycles. The molecular formula is C8H10O3S. The van der Waals surface area contributed by atoms with Gasteiger partial charge in [-0.25, -0.2) is 4.21 Å². The molecule has 4 heteroatoms. The zero-order chi connectivity index (χ0) is 8.97. The molecule has 0 aliphatic rings. The molecule has 0 radical (unpaired) electrons. The largest absolute Gasteiger partial charge is 0.508 e. The molecule has 0 fully saturated rings. The molecule has 66 valence electrons. The van der Waals surface area contributed by atoms with Crippen LogP contribution in [-0.2, 0) is 17.5 Å². The maximum Gasteiger partial charge on any atom is 0.153 e. The van der Waals surface area contributed by atoms with E-state index in [4.69, 9.17) is 4.55 Å². The van der Waals surface area contributed by atoms with Crippen molar-refractivity contribution in [3.8, 4) is 5.75 Å². The lowest BCUT2D eigenvalue weighted by Crippen LogP contribution is -1.98. The molecule has 1 unspecified atom stereocenters. The molecule has 2 N–H and O–H groups in total. The summed E-state index contributed by atoms with van der Waals surface area (Å²) in [6, 6.07) is 6.81. The van der Waals surface area contributed by atoms with Gasteiger partial charge >= 0.3 is 0 Å². The van der Waals surface area contributed by atoms with E-state index in [1.54, 1.807) is 24.3 Å². The molecule has 1 aromatic rings. The molecule has 0 heterocycles. The minimum atomic E-state index is -1.79. The Bertz CT molecular complexity index is 285. The van der Waals surface area contributed by atoms with Crippen molar-refractivity contribution in [3.63, 3.8) is 0 Å². The lowest BCUT2D eigenvalue weighted by molar-refractivity contribution is 0.468. The third kappa shape index (κ3) is 2.64. The Labute approximate surface area is 73.3 Å². The standard InChI is InChI=1S/C8H10O3S/c9-8-4-2-1-3-7(8)5-6-12(10)11/h1-4,9H,5-6H2,(H,10,11). The molecule has 0 amide bonds. The highest BCUT2D eigenvalue weighted by Crippen LogP contribution is 2.15. The minimum absolute atomic E-state index is 0.164. The van der Waals surface area contributed by atoms with Gasteiger partial charge in [0, 0.05) is 0 Å². The SMILES string of the molecule is O=S(O)CCc1ccccc1O. The summed E-state index contributed by atoms with van der Waals surface area (Å²) < 4.78 is 18.8. The molecule has 0 spiro atoms. The molecule has 1 rings (SSSR count). The number of rotatable bonds is 3. The van der Waals surface area contributed by atoms with Crippen molar-refractivity contribution in [1.29, 1.82) is 0 Å². The van der Waals surface area contributed by atoms with Crippen LogP contribution in [0.25, 0.3) is 0 Å². The van der Waals surface area contributed by atoms with E-state index in [-0.39, 0.29) is 11.5 Å². The Kier molecular flexibility index (Phi) is 3.25. The van der Waals surface area contributed by atoms with Crippen LogP contribution in [0.3, 0.4) is 0 Å². The summed E-state index contributed by atoms with van der Waals surface area (Å²) >= 11 is -1.79. The average Bonchev–Trinajstić information content (AvgIpc) is 2.03. The van der Waals surface area contributed by atoms with Crippen LogP contribution in [0, 0.1) is 0 Å². The number of benzene rings is 1. The van der Waals surface area contributed by atoms with E-state index in [2.05, 4.69) is 0 Å². The number of phenols is 1. The Morgan fingerprint density at radius 2 is 2.00 bits per heavy atom. The predicted octanol–water partition coefficient (Wildman–Crippen LogP) is 1.16. The molecular weight excluding hydrogens is 176 g/mol. The molecule has 0 aromatic heterocycles. The average molecular weight is 186 g/mol. The fraction of sp³-hybridized carbons (Fsp3) is 0.250. The van der Waals surface area contributed by atoms with Gasteiger partial charge in [-0.1, -0.05) is 18.2 Å². The number of para-hydroxylation sites is 1. The Morgan fingerprint density at radius 3 is 2.58 bits per heavy atom. The van der Waals surface area contributed by atoms with Crippen LogP contribution in [0.4, 0.5) is 0 Å². The van der Waals surface area contributed by atoms with Gasteiger partial charge in [-0.2, -0.15) is 0 Å². The van der Waals surface area contributed by atoms with Gasteiger partial charge in [-0.3, -0.25) is 0 Å². The second kappa shape index (κ2) is 4.23. The Hall–Kier alpha value is -0.870. The molecule has 3 nitrogen and oxygen atoms in total. The normalized spacial score (nSPS) is 12.8. The first kappa shape index (κ1) is 9.22. The summed E-state index contributed by atoms with van der Waals surface area (Å²) in [4.78, 5) is 0. The lowest BCUT2D eigenvalue weighted by atomic mass is 10.1. The highest BCUT2D eigenvalue weighted by molar-refractivity contribution is 7.79. The second-order valence-corrected chi connectivity index (χ2v) is 3.46. The van der Waals surface area contributed by atoms with Crippen LogP contribution < -0.4 is 0 Å². The fourth-order valence-electron chi connectivity index (χ4n) is 0.919. The van der Waals surface area contributed by atoms with E-state index >= 15 is 0 Å². The maximum atomic E-state index is 10.3. The zero-order valence-corrected chi connectivity index (χ0v) is 7.25. The van der Waals surface area contributed by atoms with Crippen molar-refractivity contribution in [2.45, 2.75) is 6.42 Å². The van der Waals surface area contributed by atoms with Crippen molar-refractivity contribution in [1.82, 2.24) is 0 Å². The van der Waals surface area contributed by atoms with Crippen LogP contribution in [0.5, 0.6) is 5.75 Å². The molecule has 12 heavy (non-hydrogen) atoms. The smallest absolute Gasteiger partial charge is 0.153 e. The summed E-state index contributed by atoms with van der Waals surface area (Å²) in [5.41, 5.74) is 0.708. The van der Waals surface area contributed by atoms with Gasteiger partial charge in [0.2, 0.25) is 0 Å². The van der Waals surface area contributed by atoms with E-state index in [1.165, 1.54) is 0 Å². The van der Waals surface area contributed by atoms with E-state index in [1.807, 2.05) is 0 Å². The van der Waals surface area contributed by atoms with Gasteiger partial charge in [0.25, 0.3) is 0 Å². The molecule has 1 aromatic carbocycles. The first-order valence-electron chi connectivity index (χ1n) is 3.54. The quantitative estimate of drug-likeness (QED) is 0.696. The van der Waals surface area contributed by atoms with E-state index in [0.29, 0.717) is 12.0 Å². The summed E-state index contributed by atoms with van der Waals surface area (Å²) in [6.45, 7) is 0. The summed E-state index contributed by atoms with van der Waals surface area (Å²) in [6.07, 6.45) is 0.426. The Morgan fingerprint density at radius 1 is 1.33 bits per heavy atom. The first-order chi connectivity index (χ1) is 5.70. The van der Waals surface area contributed by atoms with Gasteiger partial charge in [0.05, 0.1) is 5.75 Å². The third-order valence-electron chi connectivity index (χ3n) is 1.54. The number of aromatic hydroxyl groups is 1. The number of hydrogen-bond donors (Lipinski definition) is 2. The molecule has 0 bridgehead atoms. The van der Waals surface area contributed by atoms with Gasteiger partial charge in [-0.05, 0) is 18.1 Å². The molecule has 1 atom stereocenters. The lowest BCUT2D eigenvalue weighted by Gasteiger charge is -2.00. The fourth-order valence-corrected chi connectivity index (χ4v) is 1.31. The van der Waals surface area contributed by atoms with Crippen molar-refractivity contribution >= 4 is 11.1 Å². The van der Waals surface area contributed by atoms with Crippen LogP contribution in [0.2, 0.25) is 0 Å². The molecule has 0 aliphatic heterocycles. The van der Waals surface area contributed by atoms with E-state index in [0.717, 1.165) is 0 Å². The second-order valence-electron chi connectivity index (χ2n) is 2.40. The predicted molar refractivity (Wildman–Crippen MR) is 47.4 cm³/mol. The van der Waals surface area contributed by atoms with Crippen LogP contribution >= 0.6 is 0 Å². The summed E-state index contributed by atoms with van der Waals surface area (Å²) in [5, 5.41) is 9.24. The van der Waals surface area contributed by atoms with Crippen molar-refractivity contribution < 1.29 is 13.9 Å². The van der Waals surface area contributed by atoms with Crippen molar-refractivity contribution in [3.05, 3.63) is 29.8 Å². The first-order valence-corrected chi connectivity index (χ1v) is 4.82. The van der Waals surface area contributed by atoms with Crippen LogP contribution in [0.1, 0.15) is 5.56 Å².